The number of hydrogen-bond acceptors (Lipinski definition) is 4. The lowest BCUT2D eigenvalue weighted by molar-refractivity contribution is -0.154. The molecule has 1 aromatic carbocycles. The van der Waals surface area contributed by atoms with E-state index in [9.17, 15) is 9.59 Å². The van der Waals surface area contributed by atoms with Gasteiger partial charge in [0.15, 0.2) is 0 Å². The fraction of sp³-hybridized carbons (Fsp3) is 0.500. The molecule has 1 aliphatic heterocycles. The average molecular weight is 275 g/mol. The molecule has 1 aromatic rings. The second kappa shape index (κ2) is 6.66. The summed E-state index contributed by atoms with van der Waals surface area (Å²) in [6.45, 7) is 4.81. The van der Waals surface area contributed by atoms with Crippen LogP contribution in [0.2, 0.25) is 0 Å². The average Bonchev–Trinajstić information content (AvgIpc) is 2.47. The third-order valence-electron chi connectivity index (χ3n) is 3.81. The number of rotatable bonds is 4. The third-order valence-corrected chi connectivity index (χ3v) is 3.81. The lowest BCUT2D eigenvalue weighted by Gasteiger charge is -2.37. The molecule has 0 unspecified atom stereocenters. The van der Waals surface area contributed by atoms with Gasteiger partial charge in [0.05, 0.1) is 6.61 Å². The van der Waals surface area contributed by atoms with Crippen molar-refractivity contribution in [3.8, 4) is 0 Å². The van der Waals surface area contributed by atoms with Crippen molar-refractivity contribution in [2.24, 2.45) is 0 Å². The lowest BCUT2D eigenvalue weighted by Crippen LogP contribution is -2.49. The van der Waals surface area contributed by atoms with E-state index in [2.05, 4.69) is 11.8 Å². The first kappa shape index (κ1) is 14.7. The first-order valence-corrected chi connectivity index (χ1v) is 7.12. The predicted octanol–water partition coefficient (Wildman–Crippen LogP) is 2.34. The number of Topliss-reactive ketones (excluding diaryl/α,β-unsaturated/α-hetero) is 1. The van der Waals surface area contributed by atoms with Gasteiger partial charge in [-0.3, -0.25) is 14.5 Å². The van der Waals surface area contributed by atoms with Gasteiger partial charge >= 0.3 is 5.97 Å². The minimum absolute atomic E-state index is 0.0960. The van der Waals surface area contributed by atoms with Crippen molar-refractivity contribution in [3.63, 3.8) is 0 Å². The number of carbonyl (C=O) groups excluding carboxylic acids is 2. The minimum atomic E-state index is -0.452. The van der Waals surface area contributed by atoms with Crippen LogP contribution in [-0.2, 0) is 14.3 Å². The maximum atomic E-state index is 12.1. The third kappa shape index (κ3) is 3.25. The first-order valence-electron chi connectivity index (χ1n) is 7.12. The highest BCUT2D eigenvalue weighted by Gasteiger charge is 2.36. The van der Waals surface area contributed by atoms with E-state index in [0.717, 1.165) is 5.56 Å². The Balaban J connectivity index is 2.18. The standard InChI is InChI=1S/C16H21NO3/c1-3-20-16(19)15-11-14(18)9-10-17(15)12(2)13-7-5-4-6-8-13/h4-8,12,15H,3,9-11H2,1-2H3/t12-,15+/m0/s1. The highest BCUT2D eigenvalue weighted by molar-refractivity contribution is 5.87. The molecule has 4 heteroatoms. The molecule has 0 spiro atoms. The zero-order valence-electron chi connectivity index (χ0n) is 12.0. The number of esters is 1. The molecule has 0 bridgehead atoms. The molecule has 0 radical (unpaired) electrons. The Labute approximate surface area is 119 Å². The molecule has 1 heterocycles. The molecule has 0 aromatic heterocycles. The molecule has 2 atom stereocenters. The zero-order valence-corrected chi connectivity index (χ0v) is 12.0. The van der Waals surface area contributed by atoms with E-state index in [4.69, 9.17) is 4.74 Å². The minimum Gasteiger partial charge on any atom is -0.465 e. The van der Waals surface area contributed by atoms with Gasteiger partial charge in [-0.15, -0.1) is 0 Å². The molecule has 0 N–H and O–H groups in total. The fourth-order valence-corrected chi connectivity index (χ4v) is 2.69. The molecule has 1 saturated heterocycles. The molecule has 0 aliphatic carbocycles. The monoisotopic (exact) mass is 275 g/mol. The van der Waals surface area contributed by atoms with Gasteiger partial charge in [0.2, 0.25) is 0 Å². The van der Waals surface area contributed by atoms with Crippen LogP contribution < -0.4 is 0 Å². The molecule has 0 amide bonds. The van der Waals surface area contributed by atoms with Crippen LogP contribution in [0.4, 0.5) is 0 Å². The van der Waals surface area contributed by atoms with Crippen molar-refractivity contribution in [2.45, 2.75) is 38.8 Å². The second-order valence-corrected chi connectivity index (χ2v) is 5.09. The van der Waals surface area contributed by atoms with E-state index in [0.29, 0.717) is 19.6 Å². The van der Waals surface area contributed by atoms with Crippen molar-refractivity contribution in [2.75, 3.05) is 13.2 Å². The van der Waals surface area contributed by atoms with E-state index in [-0.39, 0.29) is 24.2 Å². The normalized spacial score (nSPS) is 21.5. The summed E-state index contributed by atoms with van der Waals surface area (Å²) in [5.41, 5.74) is 1.15. The lowest BCUT2D eigenvalue weighted by atomic mass is 9.96. The largest absolute Gasteiger partial charge is 0.465 e. The highest BCUT2D eigenvalue weighted by Crippen LogP contribution is 2.27. The van der Waals surface area contributed by atoms with Gasteiger partial charge in [0, 0.05) is 25.4 Å². The van der Waals surface area contributed by atoms with Gasteiger partial charge in [-0.2, -0.15) is 0 Å². The van der Waals surface area contributed by atoms with Crippen LogP contribution in [0.1, 0.15) is 38.3 Å². The number of ketones is 1. The van der Waals surface area contributed by atoms with Gasteiger partial charge in [0.25, 0.3) is 0 Å². The SMILES string of the molecule is CCOC(=O)[C@H]1CC(=O)CCN1[C@@H](C)c1ccccc1. The summed E-state index contributed by atoms with van der Waals surface area (Å²) in [4.78, 5) is 25.8. The molecule has 0 saturated carbocycles. The Morgan fingerprint density at radius 3 is 2.75 bits per heavy atom. The van der Waals surface area contributed by atoms with E-state index in [1.54, 1.807) is 6.92 Å². The molecular weight excluding hydrogens is 254 g/mol. The van der Waals surface area contributed by atoms with Crippen LogP contribution >= 0.6 is 0 Å². The number of benzene rings is 1. The molecular formula is C16H21NO3. The summed E-state index contributed by atoms with van der Waals surface area (Å²) in [6, 6.07) is 9.68. The molecule has 20 heavy (non-hydrogen) atoms. The number of ether oxygens (including phenoxy) is 1. The Morgan fingerprint density at radius 1 is 1.40 bits per heavy atom. The van der Waals surface area contributed by atoms with Crippen molar-refractivity contribution in [3.05, 3.63) is 35.9 Å². The van der Waals surface area contributed by atoms with Crippen LogP contribution in [-0.4, -0.2) is 35.8 Å². The Hall–Kier alpha value is -1.68. The predicted molar refractivity (Wildman–Crippen MR) is 76.2 cm³/mol. The van der Waals surface area contributed by atoms with Crippen molar-refractivity contribution < 1.29 is 14.3 Å². The Kier molecular flexibility index (Phi) is 4.90. The van der Waals surface area contributed by atoms with Gasteiger partial charge < -0.3 is 4.74 Å². The van der Waals surface area contributed by atoms with Crippen LogP contribution in [0.15, 0.2) is 30.3 Å². The topological polar surface area (TPSA) is 46.6 Å². The zero-order chi connectivity index (χ0) is 14.5. The van der Waals surface area contributed by atoms with Crippen molar-refractivity contribution in [1.29, 1.82) is 0 Å². The van der Waals surface area contributed by atoms with E-state index < -0.39 is 6.04 Å². The fourth-order valence-electron chi connectivity index (χ4n) is 2.69. The first-order chi connectivity index (χ1) is 9.63. The summed E-state index contributed by atoms with van der Waals surface area (Å²) in [5, 5.41) is 0. The van der Waals surface area contributed by atoms with E-state index in [1.165, 1.54) is 0 Å². The van der Waals surface area contributed by atoms with Gasteiger partial charge in [0.1, 0.15) is 11.8 Å². The van der Waals surface area contributed by atoms with Crippen molar-refractivity contribution >= 4 is 11.8 Å². The number of likely N-dealkylation sites (tertiary alicyclic amines) is 1. The second-order valence-electron chi connectivity index (χ2n) is 5.09. The number of nitrogens with zero attached hydrogens (tertiary/aromatic N) is 1. The maximum absolute atomic E-state index is 12.1. The van der Waals surface area contributed by atoms with E-state index >= 15 is 0 Å². The van der Waals surface area contributed by atoms with Crippen LogP contribution in [0.3, 0.4) is 0 Å². The number of hydrogen-bond donors (Lipinski definition) is 0. The summed E-state index contributed by atoms with van der Waals surface area (Å²) in [5.74, 6) is -0.150. The summed E-state index contributed by atoms with van der Waals surface area (Å²) in [6.07, 6.45) is 0.767. The molecule has 1 aliphatic rings. The van der Waals surface area contributed by atoms with Gasteiger partial charge in [-0.1, -0.05) is 30.3 Å². The van der Waals surface area contributed by atoms with Gasteiger partial charge in [-0.25, -0.2) is 0 Å². The number of carbonyl (C=O) groups is 2. The smallest absolute Gasteiger partial charge is 0.323 e. The van der Waals surface area contributed by atoms with Crippen LogP contribution in [0, 0.1) is 0 Å². The summed E-state index contributed by atoms with van der Waals surface area (Å²) < 4.78 is 5.11. The summed E-state index contributed by atoms with van der Waals surface area (Å²) in [7, 11) is 0. The number of piperidine rings is 1. The van der Waals surface area contributed by atoms with Gasteiger partial charge in [-0.05, 0) is 19.4 Å². The molecule has 2 rings (SSSR count). The Bertz CT molecular complexity index is 472. The molecule has 1 fully saturated rings. The van der Waals surface area contributed by atoms with Crippen LogP contribution in [0.5, 0.6) is 0 Å². The van der Waals surface area contributed by atoms with E-state index in [1.807, 2.05) is 30.3 Å². The van der Waals surface area contributed by atoms with Crippen LogP contribution in [0.25, 0.3) is 0 Å². The quantitative estimate of drug-likeness (QED) is 0.791. The molecule has 4 nitrogen and oxygen atoms in total. The maximum Gasteiger partial charge on any atom is 0.323 e. The molecule has 108 valence electrons. The Morgan fingerprint density at radius 2 is 2.10 bits per heavy atom. The highest BCUT2D eigenvalue weighted by atomic mass is 16.5. The van der Waals surface area contributed by atoms with Crippen molar-refractivity contribution in [1.82, 2.24) is 4.90 Å². The summed E-state index contributed by atoms with van der Waals surface area (Å²) >= 11 is 0.